The van der Waals surface area contributed by atoms with E-state index in [1.54, 1.807) is 7.11 Å². The summed E-state index contributed by atoms with van der Waals surface area (Å²) in [6, 6.07) is 21.1. The summed E-state index contributed by atoms with van der Waals surface area (Å²) in [5, 5.41) is 3.18. The van der Waals surface area contributed by atoms with E-state index in [0.717, 1.165) is 41.8 Å². The smallest absolute Gasteiger partial charge is 0.146 e. The standard InChI is InChI=1S/C27H28FNO/c1-5-27(3,22-11-15-24(30-4)16-12-22)18-6-7-21-10-17-25(28)26(19-21)29-23-13-8-20(2)9-14-23/h1,8-17,19,29H,6-7,18H2,2-4H3. The van der Waals surface area contributed by atoms with Crippen molar-refractivity contribution in [1.82, 2.24) is 0 Å². The van der Waals surface area contributed by atoms with E-state index in [-0.39, 0.29) is 11.2 Å². The topological polar surface area (TPSA) is 21.3 Å². The number of terminal acetylenes is 1. The second-order valence-electron chi connectivity index (χ2n) is 7.86. The van der Waals surface area contributed by atoms with Gasteiger partial charge in [-0.2, -0.15) is 0 Å². The van der Waals surface area contributed by atoms with Gasteiger partial charge >= 0.3 is 0 Å². The van der Waals surface area contributed by atoms with Gasteiger partial charge in [-0.3, -0.25) is 0 Å². The third-order valence-corrected chi connectivity index (χ3v) is 5.55. The molecular weight excluding hydrogens is 373 g/mol. The highest BCUT2D eigenvalue weighted by Crippen LogP contribution is 2.31. The molecule has 154 valence electrons. The van der Waals surface area contributed by atoms with E-state index < -0.39 is 0 Å². The lowest BCUT2D eigenvalue weighted by atomic mass is 9.78. The van der Waals surface area contributed by atoms with Gasteiger partial charge in [0, 0.05) is 5.69 Å². The summed E-state index contributed by atoms with van der Waals surface area (Å²) in [6.45, 7) is 4.12. The molecule has 3 aromatic rings. The van der Waals surface area contributed by atoms with Crippen LogP contribution in [0.25, 0.3) is 0 Å². The van der Waals surface area contributed by atoms with Crippen molar-refractivity contribution in [3.8, 4) is 18.1 Å². The number of ether oxygens (including phenoxy) is 1. The lowest BCUT2D eigenvalue weighted by Crippen LogP contribution is -2.19. The molecule has 0 spiro atoms. The first kappa shape index (κ1) is 21.5. The van der Waals surface area contributed by atoms with Crippen LogP contribution in [0.3, 0.4) is 0 Å². The largest absolute Gasteiger partial charge is 0.497 e. The minimum atomic E-state index is -0.352. The summed E-state index contributed by atoms with van der Waals surface area (Å²) in [7, 11) is 1.65. The molecule has 0 saturated carbocycles. The van der Waals surface area contributed by atoms with Crippen molar-refractivity contribution in [3.63, 3.8) is 0 Å². The lowest BCUT2D eigenvalue weighted by molar-refractivity contribution is 0.414. The molecule has 0 bridgehead atoms. The van der Waals surface area contributed by atoms with Crippen LogP contribution >= 0.6 is 0 Å². The van der Waals surface area contributed by atoms with Crippen molar-refractivity contribution in [1.29, 1.82) is 0 Å². The molecule has 0 heterocycles. The molecule has 30 heavy (non-hydrogen) atoms. The Morgan fingerprint density at radius 3 is 2.37 bits per heavy atom. The van der Waals surface area contributed by atoms with E-state index in [1.165, 1.54) is 11.6 Å². The third kappa shape index (κ3) is 5.21. The highest BCUT2D eigenvalue weighted by Gasteiger charge is 2.23. The fourth-order valence-electron chi connectivity index (χ4n) is 3.52. The number of anilines is 2. The zero-order chi connectivity index (χ0) is 21.6. The van der Waals surface area contributed by atoms with Crippen molar-refractivity contribution in [3.05, 3.63) is 89.2 Å². The van der Waals surface area contributed by atoms with E-state index in [0.29, 0.717) is 5.69 Å². The van der Waals surface area contributed by atoms with Crippen LogP contribution in [0.15, 0.2) is 66.7 Å². The zero-order valence-corrected chi connectivity index (χ0v) is 17.8. The van der Waals surface area contributed by atoms with Gasteiger partial charge in [-0.1, -0.05) is 41.8 Å². The monoisotopic (exact) mass is 401 g/mol. The van der Waals surface area contributed by atoms with Crippen LogP contribution in [-0.2, 0) is 11.8 Å². The van der Waals surface area contributed by atoms with E-state index >= 15 is 0 Å². The van der Waals surface area contributed by atoms with Crippen molar-refractivity contribution in [2.24, 2.45) is 0 Å². The van der Waals surface area contributed by atoms with E-state index in [4.69, 9.17) is 11.2 Å². The number of rotatable bonds is 8. The first-order valence-corrected chi connectivity index (χ1v) is 10.2. The molecule has 3 heteroatoms. The highest BCUT2D eigenvalue weighted by atomic mass is 19.1. The van der Waals surface area contributed by atoms with Crippen molar-refractivity contribution >= 4 is 11.4 Å². The molecular formula is C27H28FNO. The van der Waals surface area contributed by atoms with Gasteiger partial charge < -0.3 is 10.1 Å². The Morgan fingerprint density at radius 1 is 1.03 bits per heavy atom. The second kappa shape index (κ2) is 9.50. The molecule has 0 radical (unpaired) electrons. The van der Waals surface area contributed by atoms with Crippen LogP contribution in [0, 0.1) is 25.1 Å². The molecule has 0 aliphatic carbocycles. The fourth-order valence-corrected chi connectivity index (χ4v) is 3.52. The van der Waals surface area contributed by atoms with Crippen LogP contribution in [0.4, 0.5) is 15.8 Å². The molecule has 1 atom stereocenters. The maximum absolute atomic E-state index is 14.3. The SMILES string of the molecule is C#CC(C)(CCCc1ccc(F)c(Nc2ccc(C)cc2)c1)c1ccc(OC)cc1. The number of hydrogen-bond acceptors (Lipinski definition) is 2. The van der Waals surface area contributed by atoms with Gasteiger partial charge in [-0.25, -0.2) is 4.39 Å². The van der Waals surface area contributed by atoms with Gasteiger partial charge in [0.1, 0.15) is 11.6 Å². The normalized spacial score (nSPS) is 12.6. The van der Waals surface area contributed by atoms with Gasteiger partial charge in [0.05, 0.1) is 18.2 Å². The molecule has 1 unspecified atom stereocenters. The predicted octanol–water partition coefficient (Wildman–Crippen LogP) is 6.80. The second-order valence-corrected chi connectivity index (χ2v) is 7.86. The van der Waals surface area contributed by atoms with Gasteiger partial charge in [0.15, 0.2) is 0 Å². The molecule has 0 aliphatic rings. The predicted molar refractivity (Wildman–Crippen MR) is 123 cm³/mol. The summed E-state index contributed by atoms with van der Waals surface area (Å²) in [5.74, 6) is 3.52. The Balaban J connectivity index is 1.66. The summed E-state index contributed by atoms with van der Waals surface area (Å²) in [6.07, 6.45) is 8.46. The van der Waals surface area contributed by atoms with Crippen molar-refractivity contribution in [2.75, 3.05) is 12.4 Å². The number of methoxy groups -OCH3 is 1. The van der Waals surface area contributed by atoms with Crippen molar-refractivity contribution in [2.45, 2.75) is 38.5 Å². The molecule has 1 N–H and O–H groups in total. The van der Waals surface area contributed by atoms with Crippen LogP contribution in [-0.4, -0.2) is 7.11 Å². The van der Waals surface area contributed by atoms with Gasteiger partial charge in [-0.15, -0.1) is 6.42 Å². The van der Waals surface area contributed by atoms with Crippen LogP contribution in [0.5, 0.6) is 5.75 Å². The van der Waals surface area contributed by atoms with E-state index in [2.05, 4.69) is 18.2 Å². The maximum atomic E-state index is 14.3. The molecule has 0 amide bonds. The minimum Gasteiger partial charge on any atom is -0.497 e. The van der Waals surface area contributed by atoms with Gasteiger partial charge in [-0.05, 0) is 80.6 Å². The number of aryl methyl sites for hydroxylation is 2. The summed E-state index contributed by atoms with van der Waals surface area (Å²) >= 11 is 0. The summed E-state index contributed by atoms with van der Waals surface area (Å²) in [4.78, 5) is 0. The zero-order valence-electron chi connectivity index (χ0n) is 17.8. The Hall–Kier alpha value is -3.25. The molecule has 3 rings (SSSR count). The highest BCUT2D eigenvalue weighted by molar-refractivity contribution is 5.61. The first-order valence-electron chi connectivity index (χ1n) is 10.2. The molecule has 0 saturated heterocycles. The molecule has 2 nitrogen and oxygen atoms in total. The van der Waals surface area contributed by atoms with Crippen LogP contribution in [0.1, 0.15) is 36.5 Å². The Kier molecular flexibility index (Phi) is 6.79. The molecule has 0 fully saturated rings. The minimum absolute atomic E-state index is 0.258. The lowest BCUT2D eigenvalue weighted by Gasteiger charge is -2.24. The Morgan fingerprint density at radius 2 is 1.73 bits per heavy atom. The molecule has 0 aromatic heterocycles. The summed E-state index contributed by atoms with van der Waals surface area (Å²) < 4.78 is 19.5. The quantitative estimate of drug-likeness (QED) is 0.419. The Bertz CT molecular complexity index is 1020. The number of hydrogen-bond donors (Lipinski definition) is 1. The average Bonchev–Trinajstić information content (AvgIpc) is 2.77. The first-order chi connectivity index (χ1) is 14.4. The van der Waals surface area contributed by atoms with Gasteiger partial charge in [0.25, 0.3) is 0 Å². The fraction of sp³-hybridized carbons (Fsp3) is 0.259. The average molecular weight is 402 g/mol. The third-order valence-electron chi connectivity index (χ3n) is 5.55. The Labute approximate surface area is 179 Å². The maximum Gasteiger partial charge on any atom is 0.146 e. The van der Waals surface area contributed by atoms with Gasteiger partial charge in [0.2, 0.25) is 0 Å². The number of benzene rings is 3. The molecule has 0 aliphatic heterocycles. The number of nitrogens with one attached hydrogen (secondary N) is 1. The summed E-state index contributed by atoms with van der Waals surface area (Å²) in [5.41, 5.74) is 4.37. The van der Waals surface area contributed by atoms with Crippen molar-refractivity contribution < 1.29 is 9.13 Å². The molecule has 3 aromatic carbocycles. The number of halogens is 1. The van der Waals surface area contributed by atoms with Crippen LogP contribution in [0.2, 0.25) is 0 Å². The van der Waals surface area contributed by atoms with E-state index in [1.807, 2.05) is 67.6 Å². The van der Waals surface area contributed by atoms with Crippen LogP contribution < -0.4 is 10.1 Å². The van der Waals surface area contributed by atoms with E-state index in [9.17, 15) is 4.39 Å².